The molecule has 0 unspecified atom stereocenters. The maximum absolute atomic E-state index is 12.3. The van der Waals surface area contributed by atoms with Gasteiger partial charge in [0.1, 0.15) is 23.0 Å². The van der Waals surface area contributed by atoms with E-state index in [-0.39, 0.29) is 5.69 Å². The Morgan fingerprint density at radius 2 is 1.77 bits per heavy atom. The van der Waals surface area contributed by atoms with Gasteiger partial charge in [0.15, 0.2) is 0 Å². The van der Waals surface area contributed by atoms with Gasteiger partial charge in [-0.2, -0.15) is 5.10 Å². The first-order valence-corrected chi connectivity index (χ1v) is 9.24. The molecular weight excluding hydrogens is 402 g/mol. The number of hydrogen-bond acceptors (Lipinski definition) is 7. The van der Waals surface area contributed by atoms with Crippen molar-refractivity contribution in [3.8, 4) is 22.8 Å². The van der Waals surface area contributed by atoms with Crippen LogP contribution in [-0.4, -0.2) is 31.3 Å². The zero-order valence-electron chi connectivity index (χ0n) is 17.5. The summed E-state index contributed by atoms with van der Waals surface area (Å²) < 4.78 is 16.0. The summed E-state index contributed by atoms with van der Waals surface area (Å²) in [5, 5.41) is 15.2. The van der Waals surface area contributed by atoms with Crippen LogP contribution in [0, 0.1) is 24.0 Å². The van der Waals surface area contributed by atoms with Crippen LogP contribution in [0.25, 0.3) is 11.3 Å². The van der Waals surface area contributed by atoms with E-state index in [2.05, 4.69) is 10.5 Å². The van der Waals surface area contributed by atoms with Crippen molar-refractivity contribution in [1.82, 2.24) is 5.43 Å². The number of nitrogens with one attached hydrogen (secondary N) is 1. The van der Waals surface area contributed by atoms with E-state index in [0.29, 0.717) is 39.7 Å². The maximum Gasteiger partial charge on any atom is 0.273 e. The molecule has 1 heterocycles. The van der Waals surface area contributed by atoms with Gasteiger partial charge in [0, 0.05) is 28.8 Å². The molecule has 0 radical (unpaired) electrons. The molecule has 1 N–H and O–H groups in total. The largest absolute Gasteiger partial charge is 0.497 e. The highest BCUT2D eigenvalue weighted by Crippen LogP contribution is 2.30. The van der Waals surface area contributed by atoms with Gasteiger partial charge < -0.3 is 13.9 Å². The predicted octanol–water partition coefficient (Wildman–Crippen LogP) is 4.25. The first kappa shape index (κ1) is 21.6. The van der Waals surface area contributed by atoms with Crippen LogP contribution in [0.1, 0.15) is 27.2 Å². The molecule has 0 atom stereocenters. The Bertz CT molecular complexity index is 1140. The second kappa shape index (κ2) is 9.12. The van der Waals surface area contributed by atoms with Crippen LogP contribution in [0.4, 0.5) is 5.69 Å². The quantitative estimate of drug-likeness (QED) is 0.345. The molecule has 0 saturated heterocycles. The Balaban J connectivity index is 1.75. The van der Waals surface area contributed by atoms with Gasteiger partial charge in [-0.05, 0) is 49.7 Å². The first-order valence-electron chi connectivity index (χ1n) is 9.24. The highest BCUT2D eigenvalue weighted by molar-refractivity contribution is 5.95. The van der Waals surface area contributed by atoms with Crippen molar-refractivity contribution < 1.29 is 23.6 Å². The van der Waals surface area contributed by atoms with Crippen LogP contribution in [-0.2, 0) is 0 Å². The van der Waals surface area contributed by atoms with E-state index in [9.17, 15) is 14.9 Å². The summed E-state index contributed by atoms with van der Waals surface area (Å²) >= 11 is 0. The minimum atomic E-state index is -0.454. The fraction of sp³-hybridized carbons (Fsp3) is 0.182. The van der Waals surface area contributed by atoms with Crippen LogP contribution >= 0.6 is 0 Å². The highest BCUT2D eigenvalue weighted by Gasteiger charge is 2.16. The van der Waals surface area contributed by atoms with Crippen molar-refractivity contribution >= 4 is 17.8 Å². The zero-order chi connectivity index (χ0) is 22.5. The third-order valence-electron chi connectivity index (χ3n) is 4.72. The van der Waals surface area contributed by atoms with Gasteiger partial charge in [-0.25, -0.2) is 5.43 Å². The number of ether oxygens (including phenoxy) is 2. The third-order valence-corrected chi connectivity index (χ3v) is 4.72. The van der Waals surface area contributed by atoms with Gasteiger partial charge >= 0.3 is 0 Å². The Morgan fingerprint density at radius 1 is 1.10 bits per heavy atom. The number of furan rings is 1. The Labute approximate surface area is 178 Å². The lowest BCUT2D eigenvalue weighted by atomic mass is 10.0. The average Bonchev–Trinajstić information content (AvgIpc) is 3.23. The van der Waals surface area contributed by atoms with Crippen molar-refractivity contribution in [2.24, 2.45) is 5.10 Å². The summed E-state index contributed by atoms with van der Waals surface area (Å²) in [5.74, 6) is 1.33. The summed E-state index contributed by atoms with van der Waals surface area (Å²) in [7, 11) is 2.99. The smallest absolute Gasteiger partial charge is 0.273 e. The number of amides is 1. The third kappa shape index (κ3) is 4.89. The normalized spacial score (nSPS) is 10.8. The van der Waals surface area contributed by atoms with Crippen LogP contribution in [0.5, 0.6) is 11.5 Å². The number of carbonyl (C=O) groups is 1. The van der Waals surface area contributed by atoms with Gasteiger partial charge in [0.25, 0.3) is 11.6 Å². The second-order valence-corrected chi connectivity index (χ2v) is 6.70. The van der Waals surface area contributed by atoms with E-state index in [0.717, 1.165) is 5.56 Å². The van der Waals surface area contributed by atoms with Gasteiger partial charge in [-0.15, -0.1) is 0 Å². The molecule has 1 amide bonds. The SMILES string of the molecule is COc1cc(OC)cc(C(=O)NN=Cc2ccc(-c3cc(C)c(C)c([N+](=O)[O-])c3)o2)c1. The average molecular weight is 423 g/mol. The molecule has 3 aromatic rings. The number of benzene rings is 2. The molecule has 0 saturated carbocycles. The number of rotatable bonds is 7. The zero-order valence-corrected chi connectivity index (χ0v) is 17.5. The molecule has 9 nitrogen and oxygen atoms in total. The van der Waals surface area contributed by atoms with E-state index in [1.54, 1.807) is 44.2 Å². The molecule has 9 heteroatoms. The fourth-order valence-electron chi connectivity index (χ4n) is 2.91. The highest BCUT2D eigenvalue weighted by atomic mass is 16.6. The number of aryl methyl sites for hydroxylation is 1. The topological polar surface area (TPSA) is 116 Å². The van der Waals surface area contributed by atoms with Crippen LogP contribution in [0.2, 0.25) is 0 Å². The van der Waals surface area contributed by atoms with Gasteiger partial charge in [-0.1, -0.05) is 0 Å². The Morgan fingerprint density at radius 3 is 2.39 bits per heavy atom. The van der Waals surface area contributed by atoms with Crippen molar-refractivity contribution in [3.05, 3.63) is 75.0 Å². The molecule has 31 heavy (non-hydrogen) atoms. The summed E-state index contributed by atoms with van der Waals surface area (Å²) in [5.41, 5.74) is 4.74. The molecule has 0 spiro atoms. The predicted molar refractivity (Wildman–Crippen MR) is 115 cm³/mol. The first-order chi connectivity index (χ1) is 14.8. The fourth-order valence-corrected chi connectivity index (χ4v) is 2.91. The summed E-state index contributed by atoms with van der Waals surface area (Å²) in [4.78, 5) is 23.2. The molecule has 2 aromatic carbocycles. The lowest BCUT2D eigenvalue weighted by Crippen LogP contribution is -2.17. The van der Waals surface area contributed by atoms with E-state index >= 15 is 0 Å². The monoisotopic (exact) mass is 423 g/mol. The molecule has 0 fully saturated rings. The number of carbonyl (C=O) groups excluding carboxylic acids is 1. The lowest BCUT2D eigenvalue weighted by molar-refractivity contribution is -0.385. The van der Waals surface area contributed by atoms with Crippen LogP contribution in [0.15, 0.2) is 52.0 Å². The standard InChI is InChI=1S/C22H21N3O6/c1-13-7-15(10-20(14(13)2)25(27)28)21-6-5-17(31-21)12-23-24-22(26)16-8-18(29-3)11-19(9-16)30-4/h5-12H,1-4H3,(H,24,26). The molecule has 160 valence electrons. The number of nitro groups is 1. The Hall–Kier alpha value is -4.14. The molecular formula is C22H21N3O6. The van der Waals surface area contributed by atoms with Crippen molar-refractivity contribution in [2.75, 3.05) is 14.2 Å². The van der Waals surface area contributed by atoms with Crippen molar-refractivity contribution in [2.45, 2.75) is 13.8 Å². The van der Waals surface area contributed by atoms with Gasteiger partial charge in [0.2, 0.25) is 0 Å². The van der Waals surface area contributed by atoms with Gasteiger partial charge in [0.05, 0.1) is 25.4 Å². The summed E-state index contributed by atoms with van der Waals surface area (Å²) in [6.45, 7) is 3.51. The minimum absolute atomic E-state index is 0.0302. The number of nitrogens with zero attached hydrogens (tertiary/aromatic N) is 2. The van der Waals surface area contributed by atoms with Crippen LogP contribution in [0.3, 0.4) is 0 Å². The molecule has 0 aliphatic heterocycles. The van der Waals surface area contributed by atoms with Crippen molar-refractivity contribution in [1.29, 1.82) is 0 Å². The number of nitro benzene ring substituents is 1. The number of hydrazone groups is 1. The number of hydrogen-bond donors (Lipinski definition) is 1. The molecule has 0 aliphatic carbocycles. The Kier molecular flexibility index (Phi) is 6.35. The summed E-state index contributed by atoms with van der Waals surface area (Å²) in [6.07, 6.45) is 1.34. The lowest BCUT2D eigenvalue weighted by Gasteiger charge is -2.07. The molecule has 0 bridgehead atoms. The minimum Gasteiger partial charge on any atom is -0.497 e. The van der Waals surface area contributed by atoms with E-state index in [1.807, 2.05) is 6.07 Å². The van der Waals surface area contributed by atoms with E-state index in [1.165, 1.54) is 26.5 Å². The molecule has 0 aliphatic rings. The second-order valence-electron chi connectivity index (χ2n) is 6.70. The molecule has 1 aromatic heterocycles. The van der Waals surface area contributed by atoms with E-state index < -0.39 is 10.8 Å². The maximum atomic E-state index is 12.3. The number of methoxy groups -OCH3 is 2. The van der Waals surface area contributed by atoms with Crippen LogP contribution < -0.4 is 14.9 Å². The molecule has 3 rings (SSSR count). The summed E-state index contributed by atoms with van der Waals surface area (Å²) in [6, 6.07) is 11.4. The van der Waals surface area contributed by atoms with Crippen molar-refractivity contribution in [3.63, 3.8) is 0 Å². The van der Waals surface area contributed by atoms with Gasteiger partial charge in [-0.3, -0.25) is 14.9 Å². The van der Waals surface area contributed by atoms with E-state index in [4.69, 9.17) is 13.9 Å².